The highest BCUT2D eigenvalue weighted by Gasteiger charge is 2.43. The van der Waals surface area contributed by atoms with E-state index in [1.807, 2.05) is 25.1 Å². The van der Waals surface area contributed by atoms with Crippen molar-refractivity contribution in [1.29, 1.82) is 0 Å². The van der Waals surface area contributed by atoms with E-state index in [2.05, 4.69) is 17.0 Å². The third-order valence-electron chi connectivity index (χ3n) is 4.23. The topological polar surface area (TPSA) is 66.6 Å². The van der Waals surface area contributed by atoms with Crippen LogP contribution in [-0.4, -0.2) is 34.6 Å². The molecule has 2 atom stereocenters. The Hall–Kier alpha value is -1.39. The van der Waals surface area contributed by atoms with E-state index in [0.717, 1.165) is 26.1 Å². The van der Waals surface area contributed by atoms with E-state index >= 15 is 0 Å². The summed E-state index contributed by atoms with van der Waals surface area (Å²) in [6.45, 7) is 4.42. The minimum atomic E-state index is -1.08. The van der Waals surface area contributed by atoms with Crippen LogP contribution < -0.4 is 5.73 Å². The zero-order valence-electron chi connectivity index (χ0n) is 11.4. The molecule has 4 nitrogen and oxygen atoms in total. The van der Waals surface area contributed by atoms with Crippen LogP contribution >= 0.6 is 0 Å². The van der Waals surface area contributed by atoms with Gasteiger partial charge < -0.3 is 10.8 Å². The molecule has 19 heavy (non-hydrogen) atoms. The number of carboxylic acids is 1. The Morgan fingerprint density at radius 2 is 2.16 bits per heavy atom. The first-order valence-electron chi connectivity index (χ1n) is 6.85. The number of carboxylic acid groups (broad SMARTS) is 1. The number of likely N-dealkylation sites (tertiary alicyclic amines) is 1. The molecular formula is C15H22N2O2. The second-order valence-electron chi connectivity index (χ2n) is 5.41. The molecule has 1 saturated heterocycles. The molecule has 1 aliphatic heterocycles. The van der Waals surface area contributed by atoms with Crippen molar-refractivity contribution in [1.82, 2.24) is 4.90 Å². The third kappa shape index (κ3) is 2.96. The number of carbonyl (C=O) groups is 1. The van der Waals surface area contributed by atoms with Gasteiger partial charge in [0.1, 0.15) is 5.54 Å². The van der Waals surface area contributed by atoms with Crippen LogP contribution in [0.25, 0.3) is 0 Å². The molecule has 0 radical (unpaired) electrons. The van der Waals surface area contributed by atoms with Crippen molar-refractivity contribution in [2.75, 3.05) is 13.1 Å². The molecule has 0 aromatic heterocycles. The first-order chi connectivity index (χ1) is 9.06. The summed E-state index contributed by atoms with van der Waals surface area (Å²) < 4.78 is 0. The number of nitrogens with two attached hydrogens (primary N) is 1. The number of hydrogen-bond acceptors (Lipinski definition) is 3. The fourth-order valence-corrected chi connectivity index (χ4v) is 2.85. The maximum absolute atomic E-state index is 11.4. The van der Waals surface area contributed by atoms with Gasteiger partial charge in [-0.3, -0.25) is 9.69 Å². The van der Waals surface area contributed by atoms with Crippen molar-refractivity contribution in [3.05, 3.63) is 35.9 Å². The Balaban J connectivity index is 1.98. The highest BCUT2D eigenvalue weighted by molar-refractivity contribution is 5.79. The Kier molecular flexibility index (Phi) is 4.22. The van der Waals surface area contributed by atoms with Crippen LogP contribution in [0.1, 0.15) is 25.3 Å². The maximum atomic E-state index is 11.4. The molecule has 0 saturated carbocycles. The molecule has 2 rings (SSSR count). The van der Waals surface area contributed by atoms with E-state index in [0.29, 0.717) is 6.42 Å². The third-order valence-corrected chi connectivity index (χ3v) is 4.23. The van der Waals surface area contributed by atoms with Gasteiger partial charge in [-0.25, -0.2) is 0 Å². The van der Waals surface area contributed by atoms with Crippen LogP contribution in [-0.2, 0) is 11.3 Å². The first kappa shape index (κ1) is 14.0. The van der Waals surface area contributed by atoms with Crippen LogP contribution in [0.3, 0.4) is 0 Å². The predicted octanol–water partition coefficient (Wildman–Crippen LogP) is 1.70. The normalized spacial score (nSPS) is 23.2. The van der Waals surface area contributed by atoms with Crippen molar-refractivity contribution < 1.29 is 9.90 Å². The summed E-state index contributed by atoms with van der Waals surface area (Å²) in [5.41, 5.74) is 6.26. The molecule has 3 N–H and O–H groups in total. The summed E-state index contributed by atoms with van der Waals surface area (Å²) in [6, 6.07) is 10.3. The van der Waals surface area contributed by atoms with Crippen LogP contribution in [0.15, 0.2) is 30.3 Å². The second kappa shape index (κ2) is 5.72. The average Bonchev–Trinajstić information content (AvgIpc) is 2.87. The lowest BCUT2D eigenvalue weighted by Gasteiger charge is -2.30. The fraction of sp³-hybridized carbons (Fsp3) is 0.533. The van der Waals surface area contributed by atoms with E-state index in [1.165, 1.54) is 5.56 Å². The molecule has 0 aliphatic carbocycles. The van der Waals surface area contributed by atoms with Crippen LogP contribution in [0, 0.1) is 5.92 Å². The van der Waals surface area contributed by atoms with Crippen molar-refractivity contribution in [2.45, 2.75) is 31.8 Å². The summed E-state index contributed by atoms with van der Waals surface area (Å²) in [4.78, 5) is 13.7. The van der Waals surface area contributed by atoms with Gasteiger partial charge >= 0.3 is 5.97 Å². The highest BCUT2D eigenvalue weighted by Crippen LogP contribution is 2.29. The van der Waals surface area contributed by atoms with Gasteiger partial charge in [0, 0.05) is 19.0 Å². The summed E-state index contributed by atoms with van der Waals surface area (Å²) in [5.74, 6) is -0.833. The Labute approximate surface area is 114 Å². The zero-order chi connectivity index (χ0) is 13.9. The SMILES string of the molecule is CCC(N)(C(=O)O)C1CCN(Cc2ccccc2)C1. The molecule has 1 aromatic rings. The van der Waals surface area contributed by atoms with Gasteiger partial charge in [0.25, 0.3) is 0 Å². The monoisotopic (exact) mass is 262 g/mol. The van der Waals surface area contributed by atoms with Crippen molar-refractivity contribution in [3.63, 3.8) is 0 Å². The van der Waals surface area contributed by atoms with Crippen LogP contribution in [0.2, 0.25) is 0 Å². The number of nitrogens with zero attached hydrogens (tertiary/aromatic N) is 1. The van der Waals surface area contributed by atoms with Gasteiger partial charge in [-0.1, -0.05) is 37.3 Å². The lowest BCUT2D eigenvalue weighted by molar-refractivity contribution is -0.145. The lowest BCUT2D eigenvalue weighted by atomic mass is 9.82. The van der Waals surface area contributed by atoms with Gasteiger partial charge in [-0.2, -0.15) is 0 Å². The molecule has 1 heterocycles. The van der Waals surface area contributed by atoms with Crippen LogP contribution in [0.5, 0.6) is 0 Å². The van der Waals surface area contributed by atoms with Gasteiger partial charge in [0.05, 0.1) is 0 Å². The minimum absolute atomic E-state index is 0.0405. The second-order valence-corrected chi connectivity index (χ2v) is 5.41. The lowest BCUT2D eigenvalue weighted by Crippen LogP contribution is -2.54. The number of rotatable bonds is 5. The fourth-order valence-electron chi connectivity index (χ4n) is 2.85. The van der Waals surface area contributed by atoms with Crippen molar-refractivity contribution in [3.8, 4) is 0 Å². The Bertz CT molecular complexity index is 435. The zero-order valence-corrected chi connectivity index (χ0v) is 11.4. The van der Waals surface area contributed by atoms with Gasteiger partial charge in [-0.05, 0) is 24.9 Å². The minimum Gasteiger partial charge on any atom is -0.480 e. The van der Waals surface area contributed by atoms with Crippen molar-refractivity contribution >= 4 is 5.97 Å². The molecule has 104 valence electrons. The molecule has 0 spiro atoms. The number of hydrogen-bond donors (Lipinski definition) is 2. The van der Waals surface area contributed by atoms with Gasteiger partial charge in [0.2, 0.25) is 0 Å². The summed E-state index contributed by atoms with van der Waals surface area (Å²) in [7, 11) is 0. The Morgan fingerprint density at radius 1 is 1.47 bits per heavy atom. The summed E-state index contributed by atoms with van der Waals surface area (Å²) >= 11 is 0. The number of aliphatic carboxylic acids is 1. The first-order valence-corrected chi connectivity index (χ1v) is 6.85. The van der Waals surface area contributed by atoms with E-state index in [-0.39, 0.29) is 5.92 Å². The summed E-state index contributed by atoms with van der Waals surface area (Å²) in [6.07, 6.45) is 1.34. The van der Waals surface area contributed by atoms with Gasteiger partial charge in [0.15, 0.2) is 0 Å². The van der Waals surface area contributed by atoms with Gasteiger partial charge in [-0.15, -0.1) is 0 Å². The quantitative estimate of drug-likeness (QED) is 0.847. The average molecular weight is 262 g/mol. The molecule has 2 unspecified atom stereocenters. The highest BCUT2D eigenvalue weighted by atomic mass is 16.4. The Morgan fingerprint density at radius 3 is 2.74 bits per heavy atom. The van der Waals surface area contributed by atoms with Crippen LogP contribution in [0.4, 0.5) is 0 Å². The molecular weight excluding hydrogens is 240 g/mol. The van der Waals surface area contributed by atoms with E-state index in [4.69, 9.17) is 5.73 Å². The molecule has 0 amide bonds. The maximum Gasteiger partial charge on any atom is 0.324 e. The smallest absolute Gasteiger partial charge is 0.324 e. The predicted molar refractivity (Wildman–Crippen MR) is 74.7 cm³/mol. The van der Waals surface area contributed by atoms with Crippen molar-refractivity contribution in [2.24, 2.45) is 11.7 Å². The largest absolute Gasteiger partial charge is 0.480 e. The molecule has 1 fully saturated rings. The molecule has 1 aromatic carbocycles. The van der Waals surface area contributed by atoms with E-state index in [9.17, 15) is 9.90 Å². The summed E-state index contributed by atoms with van der Waals surface area (Å²) in [5, 5.41) is 9.33. The molecule has 4 heteroatoms. The van der Waals surface area contributed by atoms with E-state index < -0.39 is 11.5 Å². The molecule has 1 aliphatic rings. The number of benzene rings is 1. The standard InChI is InChI=1S/C15H22N2O2/c1-2-15(16,14(18)19)13-8-9-17(11-13)10-12-6-4-3-5-7-12/h3-7,13H,2,8-11,16H2,1H3,(H,18,19). The molecule has 0 bridgehead atoms. The van der Waals surface area contributed by atoms with E-state index in [1.54, 1.807) is 0 Å².